The number of aliphatic hydroxyl groups is 1. The van der Waals surface area contributed by atoms with Crippen LogP contribution in [0.3, 0.4) is 0 Å². The third-order valence-electron chi connectivity index (χ3n) is 3.99. The van der Waals surface area contributed by atoms with Crippen LogP contribution in [0.15, 0.2) is 0 Å². The van der Waals surface area contributed by atoms with E-state index < -0.39 is 7.12 Å². The van der Waals surface area contributed by atoms with E-state index in [0.717, 1.165) is 45.3 Å². The van der Waals surface area contributed by atoms with Crippen molar-refractivity contribution in [1.82, 2.24) is 10.2 Å². The van der Waals surface area contributed by atoms with Crippen LogP contribution in [0.4, 0.5) is 0 Å². The van der Waals surface area contributed by atoms with Crippen LogP contribution in [0, 0.1) is 0 Å². The predicted octanol–water partition coefficient (Wildman–Crippen LogP) is -0.616. The maximum absolute atomic E-state index is 9.89. The van der Waals surface area contributed by atoms with Gasteiger partial charge >= 0.3 is 7.12 Å². The second-order valence-corrected chi connectivity index (χ2v) is 5.24. The van der Waals surface area contributed by atoms with Crippen molar-refractivity contribution >= 4 is 7.12 Å². The number of unbranched alkanes of at least 4 members (excludes halogenated alkanes) is 1. The van der Waals surface area contributed by atoms with Crippen molar-refractivity contribution in [2.75, 3.05) is 13.2 Å². The fraction of sp³-hybridized carbons (Fsp3) is 1.00. The summed E-state index contributed by atoms with van der Waals surface area (Å²) >= 11 is 0. The maximum Gasteiger partial charge on any atom is 0.451 e. The number of hydrogen-bond acceptors (Lipinski definition) is 5. The van der Waals surface area contributed by atoms with E-state index in [1.54, 1.807) is 0 Å². The zero-order valence-corrected chi connectivity index (χ0v) is 10.3. The highest BCUT2D eigenvalue weighted by molar-refractivity contribution is 6.40. The molecule has 0 bridgehead atoms. The molecule has 0 aromatic carbocycles. The van der Waals surface area contributed by atoms with Gasteiger partial charge < -0.3 is 15.2 Å². The van der Waals surface area contributed by atoms with Gasteiger partial charge in [-0.05, 0) is 38.5 Å². The van der Waals surface area contributed by atoms with E-state index in [1.165, 1.54) is 0 Å². The summed E-state index contributed by atoms with van der Waals surface area (Å²) in [5, 5.41) is 30.8. The first-order chi connectivity index (χ1) is 8.18. The van der Waals surface area contributed by atoms with E-state index in [-0.39, 0.29) is 12.1 Å². The monoisotopic (exact) mass is 242 g/mol. The van der Waals surface area contributed by atoms with E-state index in [9.17, 15) is 5.11 Å². The molecule has 17 heavy (non-hydrogen) atoms. The molecule has 1 saturated heterocycles. The molecular weight excluding hydrogens is 219 g/mol. The average molecular weight is 242 g/mol. The lowest BCUT2D eigenvalue weighted by atomic mass is 9.83. The average Bonchev–Trinajstić information content (AvgIpc) is 2.69. The van der Waals surface area contributed by atoms with E-state index in [1.807, 2.05) is 0 Å². The van der Waals surface area contributed by atoms with Crippen molar-refractivity contribution in [2.24, 2.45) is 0 Å². The van der Waals surface area contributed by atoms with Crippen molar-refractivity contribution in [3.63, 3.8) is 0 Å². The molecule has 1 aliphatic carbocycles. The molecule has 1 aliphatic heterocycles. The van der Waals surface area contributed by atoms with Gasteiger partial charge in [-0.25, -0.2) is 0 Å². The standard InChI is InChI=1S/C11H23BN2O3/c15-10-5-3-4-9-11(10)13-8-14(9)7-2-1-6-12(16)17/h9-11,13,15-17H,1-8H2. The van der Waals surface area contributed by atoms with Gasteiger partial charge in [0.1, 0.15) is 0 Å². The fourth-order valence-electron chi connectivity index (χ4n) is 3.06. The van der Waals surface area contributed by atoms with Gasteiger partial charge in [0.05, 0.1) is 6.10 Å². The molecule has 1 heterocycles. The highest BCUT2D eigenvalue weighted by Crippen LogP contribution is 2.27. The first-order valence-electron chi connectivity index (χ1n) is 6.70. The summed E-state index contributed by atoms with van der Waals surface area (Å²) in [4.78, 5) is 2.39. The minimum absolute atomic E-state index is 0.196. The Morgan fingerprint density at radius 1 is 1.24 bits per heavy atom. The van der Waals surface area contributed by atoms with Crippen LogP contribution in [-0.2, 0) is 0 Å². The summed E-state index contributed by atoms with van der Waals surface area (Å²) in [6.07, 6.45) is 5.27. The highest BCUT2D eigenvalue weighted by atomic mass is 16.4. The molecule has 0 radical (unpaired) electrons. The van der Waals surface area contributed by atoms with Gasteiger partial charge in [0.25, 0.3) is 0 Å². The zero-order valence-electron chi connectivity index (χ0n) is 10.3. The summed E-state index contributed by atoms with van der Waals surface area (Å²) in [7, 11) is -1.17. The zero-order chi connectivity index (χ0) is 12.3. The Balaban J connectivity index is 1.71. The van der Waals surface area contributed by atoms with Crippen LogP contribution in [-0.4, -0.2) is 58.6 Å². The topological polar surface area (TPSA) is 76.0 Å². The Labute approximate surface area is 103 Å². The highest BCUT2D eigenvalue weighted by Gasteiger charge is 2.39. The molecular formula is C11H23BN2O3. The van der Waals surface area contributed by atoms with Gasteiger partial charge in [0.15, 0.2) is 0 Å². The molecule has 2 rings (SSSR count). The van der Waals surface area contributed by atoms with Crippen LogP contribution >= 0.6 is 0 Å². The van der Waals surface area contributed by atoms with Crippen molar-refractivity contribution < 1.29 is 15.2 Å². The third-order valence-corrected chi connectivity index (χ3v) is 3.99. The minimum atomic E-state index is -1.17. The van der Waals surface area contributed by atoms with Gasteiger partial charge in [-0.1, -0.05) is 6.42 Å². The molecule has 5 nitrogen and oxygen atoms in total. The first kappa shape index (κ1) is 13.3. The number of hydrogen-bond donors (Lipinski definition) is 4. The lowest BCUT2D eigenvalue weighted by Crippen LogP contribution is -2.47. The van der Waals surface area contributed by atoms with Crippen molar-refractivity contribution in [2.45, 2.75) is 56.6 Å². The number of nitrogens with one attached hydrogen (secondary N) is 1. The third kappa shape index (κ3) is 3.42. The van der Waals surface area contributed by atoms with Gasteiger partial charge in [0, 0.05) is 18.8 Å². The molecule has 4 N–H and O–H groups in total. The Bertz CT molecular complexity index is 243. The summed E-state index contributed by atoms with van der Waals surface area (Å²) in [5.74, 6) is 0. The Morgan fingerprint density at radius 3 is 2.82 bits per heavy atom. The van der Waals surface area contributed by atoms with Crippen molar-refractivity contribution in [3.8, 4) is 0 Å². The SMILES string of the molecule is OB(O)CCCCN1CNC2C(O)CCCC21. The van der Waals surface area contributed by atoms with Crippen molar-refractivity contribution in [1.29, 1.82) is 0 Å². The molecule has 3 atom stereocenters. The van der Waals surface area contributed by atoms with E-state index >= 15 is 0 Å². The van der Waals surface area contributed by atoms with Gasteiger partial charge in [-0.3, -0.25) is 10.2 Å². The predicted molar refractivity (Wildman–Crippen MR) is 66.4 cm³/mol. The van der Waals surface area contributed by atoms with Gasteiger partial charge in [0.2, 0.25) is 0 Å². The number of aliphatic hydroxyl groups excluding tert-OH is 1. The largest absolute Gasteiger partial charge is 0.451 e. The van der Waals surface area contributed by atoms with Crippen LogP contribution in [0.1, 0.15) is 32.1 Å². The lowest BCUT2D eigenvalue weighted by Gasteiger charge is -2.33. The van der Waals surface area contributed by atoms with E-state index in [4.69, 9.17) is 10.0 Å². The quantitative estimate of drug-likeness (QED) is 0.382. The van der Waals surface area contributed by atoms with Crippen molar-refractivity contribution in [3.05, 3.63) is 0 Å². The number of rotatable bonds is 5. The summed E-state index contributed by atoms with van der Waals surface area (Å²) in [6.45, 7) is 1.83. The van der Waals surface area contributed by atoms with Crippen LogP contribution in [0.25, 0.3) is 0 Å². The van der Waals surface area contributed by atoms with Crippen LogP contribution in [0.2, 0.25) is 6.32 Å². The smallest absolute Gasteiger partial charge is 0.427 e. The van der Waals surface area contributed by atoms with Gasteiger partial charge in [-0.15, -0.1) is 0 Å². The van der Waals surface area contributed by atoms with E-state index in [2.05, 4.69) is 10.2 Å². The Morgan fingerprint density at radius 2 is 2.06 bits per heavy atom. The number of nitrogens with zero attached hydrogens (tertiary/aromatic N) is 1. The molecule has 2 fully saturated rings. The first-order valence-corrected chi connectivity index (χ1v) is 6.70. The molecule has 0 aromatic rings. The maximum atomic E-state index is 9.89. The Hall–Kier alpha value is -0.135. The molecule has 0 aromatic heterocycles. The second-order valence-electron chi connectivity index (χ2n) is 5.24. The second kappa shape index (κ2) is 6.16. The molecule has 0 spiro atoms. The molecule has 98 valence electrons. The van der Waals surface area contributed by atoms with Crippen LogP contribution < -0.4 is 5.32 Å². The molecule has 0 amide bonds. The summed E-state index contributed by atoms with van der Waals surface area (Å²) in [5.41, 5.74) is 0. The van der Waals surface area contributed by atoms with Gasteiger partial charge in [-0.2, -0.15) is 0 Å². The number of fused-ring (bicyclic) bond motifs is 1. The molecule has 3 unspecified atom stereocenters. The summed E-state index contributed by atoms with van der Waals surface area (Å²) < 4.78 is 0. The molecule has 2 aliphatic rings. The fourth-order valence-corrected chi connectivity index (χ4v) is 3.06. The molecule has 6 heteroatoms. The Kier molecular flexibility index (Phi) is 4.82. The summed E-state index contributed by atoms with van der Waals surface area (Å²) in [6, 6.07) is 0.713. The van der Waals surface area contributed by atoms with Crippen LogP contribution in [0.5, 0.6) is 0 Å². The normalized spacial score (nSPS) is 33.7. The minimum Gasteiger partial charge on any atom is -0.427 e. The van der Waals surface area contributed by atoms with E-state index in [0.29, 0.717) is 12.4 Å². The molecule has 1 saturated carbocycles. The lowest BCUT2D eigenvalue weighted by molar-refractivity contribution is 0.0720.